The number of aromatic amines is 1. The van der Waals surface area contributed by atoms with E-state index in [-0.39, 0.29) is 5.41 Å². The molecule has 1 aliphatic carbocycles. The van der Waals surface area contributed by atoms with E-state index in [1.807, 2.05) is 0 Å². The molecule has 0 aromatic carbocycles. The zero-order valence-electron chi connectivity index (χ0n) is 9.30. The van der Waals surface area contributed by atoms with Crippen LogP contribution in [0.5, 0.6) is 0 Å². The molecule has 3 heteroatoms. The molecule has 0 saturated heterocycles. The van der Waals surface area contributed by atoms with Crippen LogP contribution in [0.2, 0.25) is 0 Å². The minimum absolute atomic E-state index is 0.0629. The Morgan fingerprint density at radius 3 is 2.36 bits per heavy atom. The Hall–Kier alpha value is -0.860. The van der Waals surface area contributed by atoms with Crippen LogP contribution < -0.4 is 0 Å². The first-order valence-corrected chi connectivity index (χ1v) is 5.50. The second kappa shape index (κ2) is 3.37. The van der Waals surface area contributed by atoms with Gasteiger partial charge in [0, 0.05) is 11.3 Å². The highest BCUT2D eigenvalue weighted by Crippen LogP contribution is 2.32. The van der Waals surface area contributed by atoms with Gasteiger partial charge in [0.25, 0.3) is 0 Å². The molecule has 0 amide bonds. The van der Waals surface area contributed by atoms with Gasteiger partial charge in [0.05, 0.1) is 0 Å². The first kappa shape index (κ1) is 9.69. The second-order valence-corrected chi connectivity index (χ2v) is 5.28. The van der Waals surface area contributed by atoms with Gasteiger partial charge in [0.15, 0.2) is 5.82 Å². The van der Waals surface area contributed by atoms with Gasteiger partial charge in [0.1, 0.15) is 5.82 Å². The van der Waals surface area contributed by atoms with Gasteiger partial charge < -0.3 is 0 Å². The van der Waals surface area contributed by atoms with E-state index < -0.39 is 0 Å². The fourth-order valence-corrected chi connectivity index (χ4v) is 1.99. The van der Waals surface area contributed by atoms with Gasteiger partial charge in [0.2, 0.25) is 0 Å². The van der Waals surface area contributed by atoms with Crippen LogP contribution in [0.4, 0.5) is 0 Å². The molecule has 14 heavy (non-hydrogen) atoms. The maximum Gasteiger partial charge on any atom is 0.156 e. The van der Waals surface area contributed by atoms with Crippen LogP contribution in [0, 0.1) is 0 Å². The van der Waals surface area contributed by atoms with Gasteiger partial charge in [-0.15, -0.1) is 0 Å². The maximum absolute atomic E-state index is 4.60. The quantitative estimate of drug-likeness (QED) is 0.745. The molecule has 1 aromatic heterocycles. The van der Waals surface area contributed by atoms with Crippen molar-refractivity contribution >= 4 is 0 Å². The number of rotatable bonds is 1. The number of H-pyrrole nitrogens is 1. The van der Waals surface area contributed by atoms with E-state index in [9.17, 15) is 0 Å². The number of nitrogens with zero attached hydrogens (tertiary/aromatic N) is 2. The second-order valence-electron chi connectivity index (χ2n) is 5.28. The number of nitrogens with one attached hydrogen (secondary N) is 1. The molecule has 1 heterocycles. The van der Waals surface area contributed by atoms with Crippen LogP contribution in [0.3, 0.4) is 0 Å². The lowest BCUT2D eigenvalue weighted by atomic mass is 9.96. The Labute approximate surface area is 85.3 Å². The van der Waals surface area contributed by atoms with Crippen molar-refractivity contribution in [3.05, 3.63) is 11.6 Å². The van der Waals surface area contributed by atoms with Crippen LogP contribution in [0.1, 0.15) is 64.0 Å². The van der Waals surface area contributed by atoms with Crippen molar-refractivity contribution in [3.63, 3.8) is 0 Å². The van der Waals surface area contributed by atoms with E-state index in [1.54, 1.807) is 0 Å². The fraction of sp³-hybridized carbons (Fsp3) is 0.818. The molecule has 3 nitrogen and oxygen atoms in total. The Balaban J connectivity index is 2.17. The summed E-state index contributed by atoms with van der Waals surface area (Å²) in [6.07, 6.45) is 5.24. The van der Waals surface area contributed by atoms with Crippen molar-refractivity contribution in [1.82, 2.24) is 15.2 Å². The van der Waals surface area contributed by atoms with Gasteiger partial charge in [-0.3, -0.25) is 5.10 Å². The van der Waals surface area contributed by atoms with Gasteiger partial charge >= 0.3 is 0 Å². The number of hydrogen-bond acceptors (Lipinski definition) is 2. The highest BCUT2D eigenvalue weighted by atomic mass is 15.2. The van der Waals surface area contributed by atoms with Gasteiger partial charge in [-0.25, -0.2) is 4.98 Å². The third-order valence-corrected chi connectivity index (χ3v) is 2.92. The van der Waals surface area contributed by atoms with Gasteiger partial charge in [-0.1, -0.05) is 33.6 Å². The van der Waals surface area contributed by atoms with Crippen molar-refractivity contribution in [2.75, 3.05) is 0 Å². The molecule has 1 aliphatic rings. The van der Waals surface area contributed by atoms with E-state index in [1.165, 1.54) is 25.7 Å². The topological polar surface area (TPSA) is 41.6 Å². The van der Waals surface area contributed by atoms with Crippen LogP contribution in [0.25, 0.3) is 0 Å². The lowest BCUT2D eigenvalue weighted by Crippen LogP contribution is -2.13. The lowest BCUT2D eigenvalue weighted by Gasteiger charge is -2.12. The smallest absolute Gasteiger partial charge is 0.156 e. The molecule has 0 spiro atoms. The third kappa shape index (κ3) is 1.81. The third-order valence-electron chi connectivity index (χ3n) is 2.92. The average Bonchev–Trinajstić information content (AvgIpc) is 2.73. The Morgan fingerprint density at radius 1 is 1.21 bits per heavy atom. The molecule has 1 aromatic rings. The van der Waals surface area contributed by atoms with Crippen molar-refractivity contribution in [3.8, 4) is 0 Å². The maximum atomic E-state index is 4.60. The summed E-state index contributed by atoms with van der Waals surface area (Å²) in [7, 11) is 0. The Morgan fingerprint density at radius 2 is 1.86 bits per heavy atom. The van der Waals surface area contributed by atoms with E-state index in [4.69, 9.17) is 0 Å². The summed E-state index contributed by atoms with van der Waals surface area (Å²) in [5, 5.41) is 7.39. The molecule has 0 aliphatic heterocycles. The van der Waals surface area contributed by atoms with Gasteiger partial charge in [-0.2, -0.15) is 5.10 Å². The van der Waals surface area contributed by atoms with Crippen LogP contribution in [-0.4, -0.2) is 15.2 Å². The summed E-state index contributed by atoms with van der Waals surface area (Å²) in [6, 6.07) is 0. The van der Waals surface area contributed by atoms with Crippen molar-refractivity contribution in [2.45, 2.75) is 57.8 Å². The molecule has 0 radical (unpaired) electrons. The highest BCUT2D eigenvalue weighted by Gasteiger charge is 2.24. The monoisotopic (exact) mass is 193 g/mol. The first-order valence-electron chi connectivity index (χ1n) is 5.50. The van der Waals surface area contributed by atoms with E-state index in [0.717, 1.165) is 11.6 Å². The zero-order valence-corrected chi connectivity index (χ0v) is 9.30. The van der Waals surface area contributed by atoms with Crippen molar-refractivity contribution in [2.24, 2.45) is 0 Å². The van der Waals surface area contributed by atoms with Crippen LogP contribution in [0.15, 0.2) is 0 Å². The predicted molar refractivity (Wildman–Crippen MR) is 56.3 cm³/mol. The molecule has 1 N–H and O–H groups in total. The summed E-state index contributed by atoms with van der Waals surface area (Å²) in [6.45, 7) is 6.44. The van der Waals surface area contributed by atoms with E-state index in [0.29, 0.717) is 5.92 Å². The summed E-state index contributed by atoms with van der Waals surface area (Å²) in [5.41, 5.74) is 0.0629. The Kier molecular flexibility index (Phi) is 2.33. The normalized spacial score (nSPS) is 19.1. The van der Waals surface area contributed by atoms with E-state index >= 15 is 0 Å². The SMILES string of the molecule is CC(C)(C)c1n[nH]c(C2CCCC2)n1. The molecule has 2 rings (SSSR count). The van der Waals surface area contributed by atoms with Gasteiger partial charge in [-0.05, 0) is 12.8 Å². The van der Waals surface area contributed by atoms with Crippen molar-refractivity contribution in [1.29, 1.82) is 0 Å². The van der Waals surface area contributed by atoms with Crippen LogP contribution >= 0.6 is 0 Å². The number of hydrogen-bond donors (Lipinski definition) is 1. The van der Waals surface area contributed by atoms with Crippen molar-refractivity contribution < 1.29 is 0 Å². The molecule has 0 bridgehead atoms. The minimum Gasteiger partial charge on any atom is -0.263 e. The molecular formula is C11H19N3. The molecule has 0 atom stereocenters. The first-order chi connectivity index (χ1) is 6.57. The average molecular weight is 193 g/mol. The molecule has 0 unspecified atom stereocenters. The standard InChI is InChI=1S/C11H19N3/c1-11(2,3)10-12-9(13-14-10)8-6-4-5-7-8/h8H,4-7H2,1-3H3,(H,12,13,14). The van der Waals surface area contributed by atoms with Crippen LogP contribution in [-0.2, 0) is 5.41 Å². The summed E-state index contributed by atoms with van der Waals surface area (Å²) in [4.78, 5) is 4.60. The molecular weight excluding hydrogens is 174 g/mol. The predicted octanol–water partition coefficient (Wildman–Crippen LogP) is 2.76. The Bertz CT molecular complexity index is 303. The summed E-state index contributed by atoms with van der Waals surface area (Å²) in [5.74, 6) is 2.69. The highest BCUT2D eigenvalue weighted by molar-refractivity contribution is 5.06. The summed E-state index contributed by atoms with van der Waals surface area (Å²) >= 11 is 0. The molecule has 78 valence electrons. The lowest BCUT2D eigenvalue weighted by molar-refractivity contribution is 0.546. The number of aromatic nitrogens is 3. The molecule has 1 fully saturated rings. The fourth-order valence-electron chi connectivity index (χ4n) is 1.99. The largest absolute Gasteiger partial charge is 0.263 e. The summed E-state index contributed by atoms with van der Waals surface area (Å²) < 4.78 is 0. The zero-order chi connectivity index (χ0) is 10.2. The van der Waals surface area contributed by atoms with E-state index in [2.05, 4.69) is 36.0 Å². The molecule has 1 saturated carbocycles. The minimum atomic E-state index is 0.0629.